The van der Waals surface area contributed by atoms with Crippen LogP contribution in [0, 0.1) is 0 Å². The lowest BCUT2D eigenvalue weighted by atomic mass is 10.1. The van der Waals surface area contributed by atoms with Crippen molar-refractivity contribution in [3.63, 3.8) is 0 Å². The Morgan fingerprint density at radius 2 is 1.95 bits per heavy atom. The number of carbonyl (C=O) groups is 2. The molecule has 0 aromatic heterocycles. The molecule has 0 radical (unpaired) electrons. The minimum Gasteiger partial charge on any atom is -0.478 e. The first-order valence-electron chi connectivity index (χ1n) is 6.37. The van der Waals surface area contributed by atoms with Crippen molar-refractivity contribution in [3.8, 4) is 0 Å². The summed E-state index contributed by atoms with van der Waals surface area (Å²) in [7, 11) is 0. The molecule has 6 nitrogen and oxygen atoms in total. The topological polar surface area (TPSA) is 104 Å². The van der Waals surface area contributed by atoms with E-state index in [9.17, 15) is 9.59 Å². The molecule has 0 aliphatic carbocycles. The molecule has 20 heavy (non-hydrogen) atoms. The summed E-state index contributed by atoms with van der Waals surface area (Å²) in [5, 5.41) is 14.8. The van der Waals surface area contributed by atoms with E-state index < -0.39 is 5.97 Å². The Balaban J connectivity index is 2.60. The van der Waals surface area contributed by atoms with Crippen LogP contribution in [-0.2, 0) is 4.79 Å². The number of rotatable bonds is 5. The average molecular weight is 279 g/mol. The zero-order valence-corrected chi connectivity index (χ0v) is 12.0. The summed E-state index contributed by atoms with van der Waals surface area (Å²) in [4.78, 5) is 22.7. The zero-order valence-electron chi connectivity index (χ0n) is 12.0. The fourth-order valence-electron chi connectivity index (χ4n) is 1.69. The van der Waals surface area contributed by atoms with Crippen molar-refractivity contribution >= 4 is 23.3 Å². The summed E-state index contributed by atoms with van der Waals surface area (Å²) in [5.74, 6) is -1.13. The quantitative estimate of drug-likeness (QED) is 0.614. The van der Waals surface area contributed by atoms with Crippen LogP contribution >= 0.6 is 0 Å². The van der Waals surface area contributed by atoms with Gasteiger partial charge in [0, 0.05) is 24.2 Å². The molecule has 5 N–H and O–H groups in total. The van der Waals surface area contributed by atoms with E-state index in [0.29, 0.717) is 17.9 Å². The maximum Gasteiger partial charge on any atom is 0.337 e. The maximum atomic E-state index is 11.6. The molecule has 0 aliphatic heterocycles. The Morgan fingerprint density at radius 1 is 1.30 bits per heavy atom. The molecule has 0 bridgehead atoms. The van der Waals surface area contributed by atoms with Gasteiger partial charge in [0.05, 0.1) is 11.3 Å². The monoisotopic (exact) mass is 279 g/mol. The van der Waals surface area contributed by atoms with Crippen LogP contribution in [0.5, 0.6) is 0 Å². The number of carboxylic acid groups (broad SMARTS) is 1. The van der Waals surface area contributed by atoms with E-state index in [1.165, 1.54) is 12.1 Å². The van der Waals surface area contributed by atoms with Gasteiger partial charge in [-0.2, -0.15) is 0 Å². The molecular weight excluding hydrogens is 258 g/mol. The molecule has 1 rings (SSSR count). The summed E-state index contributed by atoms with van der Waals surface area (Å²) in [6.07, 6.45) is 0.255. The number of carbonyl (C=O) groups excluding carboxylic acids is 1. The second-order valence-electron chi connectivity index (χ2n) is 5.59. The van der Waals surface area contributed by atoms with E-state index >= 15 is 0 Å². The summed E-state index contributed by atoms with van der Waals surface area (Å²) in [6, 6.07) is 4.52. The van der Waals surface area contributed by atoms with Crippen LogP contribution in [0.1, 0.15) is 37.6 Å². The lowest BCUT2D eigenvalue weighted by Crippen LogP contribution is -2.41. The number of nitrogens with two attached hydrogens (primary N) is 1. The third kappa shape index (κ3) is 5.17. The highest BCUT2D eigenvalue weighted by Gasteiger charge is 2.14. The lowest BCUT2D eigenvalue weighted by Gasteiger charge is -2.20. The second-order valence-corrected chi connectivity index (χ2v) is 5.59. The fourth-order valence-corrected chi connectivity index (χ4v) is 1.69. The van der Waals surface area contributed by atoms with Crippen LogP contribution in [0.25, 0.3) is 0 Å². The Morgan fingerprint density at radius 3 is 2.50 bits per heavy atom. The molecule has 0 heterocycles. The molecule has 0 saturated heterocycles. The van der Waals surface area contributed by atoms with E-state index in [0.717, 1.165) is 0 Å². The Labute approximate surface area is 118 Å². The van der Waals surface area contributed by atoms with Crippen molar-refractivity contribution in [1.29, 1.82) is 0 Å². The molecule has 0 fully saturated rings. The molecule has 1 aromatic rings. The van der Waals surface area contributed by atoms with Gasteiger partial charge in [-0.15, -0.1) is 0 Å². The predicted molar refractivity (Wildman–Crippen MR) is 78.8 cm³/mol. The Bertz CT molecular complexity index is 507. The van der Waals surface area contributed by atoms with Gasteiger partial charge in [0.25, 0.3) is 0 Å². The number of hydrogen-bond donors (Lipinski definition) is 4. The highest BCUT2D eigenvalue weighted by Crippen LogP contribution is 2.19. The molecule has 0 saturated carbocycles. The van der Waals surface area contributed by atoms with Crippen molar-refractivity contribution in [3.05, 3.63) is 23.8 Å². The first-order valence-corrected chi connectivity index (χ1v) is 6.37. The van der Waals surface area contributed by atoms with E-state index in [-0.39, 0.29) is 23.4 Å². The van der Waals surface area contributed by atoms with Gasteiger partial charge in [-0.3, -0.25) is 4.79 Å². The Kier molecular flexibility index (Phi) is 4.96. The normalized spacial score (nSPS) is 10.9. The van der Waals surface area contributed by atoms with Crippen LogP contribution in [0.4, 0.5) is 11.4 Å². The molecule has 0 unspecified atom stereocenters. The number of anilines is 2. The fraction of sp³-hybridized carbons (Fsp3) is 0.429. The highest BCUT2D eigenvalue weighted by atomic mass is 16.4. The number of benzene rings is 1. The molecule has 0 aliphatic rings. The lowest BCUT2D eigenvalue weighted by molar-refractivity contribution is -0.122. The van der Waals surface area contributed by atoms with Gasteiger partial charge in [0.2, 0.25) is 5.91 Å². The molecule has 0 spiro atoms. The molecule has 1 amide bonds. The third-order valence-electron chi connectivity index (χ3n) is 2.46. The van der Waals surface area contributed by atoms with Gasteiger partial charge < -0.3 is 21.5 Å². The highest BCUT2D eigenvalue weighted by molar-refractivity contribution is 5.95. The number of aromatic carboxylic acids is 1. The SMILES string of the molecule is CC(C)(C)NC(=O)CCNc1cc(N)ccc1C(=O)O. The summed E-state index contributed by atoms with van der Waals surface area (Å²) < 4.78 is 0. The number of hydrogen-bond acceptors (Lipinski definition) is 4. The van der Waals surface area contributed by atoms with Crippen LogP contribution in [0.2, 0.25) is 0 Å². The minimum atomic E-state index is -1.04. The first-order chi connectivity index (χ1) is 9.19. The van der Waals surface area contributed by atoms with Crippen molar-refractivity contribution in [1.82, 2.24) is 5.32 Å². The summed E-state index contributed by atoms with van der Waals surface area (Å²) >= 11 is 0. The summed E-state index contributed by atoms with van der Waals surface area (Å²) in [5.41, 5.74) is 6.37. The number of nitrogen functional groups attached to an aromatic ring is 1. The zero-order chi connectivity index (χ0) is 15.3. The van der Waals surface area contributed by atoms with Crippen LogP contribution in [0.15, 0.2) is 18.2 Å². The van der Waals surface area contributed by atoms with E-state index in [4.69, 9.17) is 10.8 Å². The van der Waals surface area contributed by atoms with Crippen LogP contribution in [0.3, 0.4) is 0 Å². The van der Waals surface area contributed by atoms with Crippen LogP contribution in [-0.4, -0.2) is 29.1 Å². The van der Waals surface area contributed by atoms with Gasteiger partial charge >= 0.3 is 5.97 Å². The van der Waals surface area contributed by atoms with Crippen molar-refractivity contribution in [2.24, 2.45) is 0 Å². The number of nitrogens with one attached hydrogen (secondary N) is 2. The molecule has 1 aromatic carbocycles. The van der Waals surface area contributed by atoms with E-state index in [2.05, 4.69) is 10.6 Å². The van der Waals surface area contributed by atoms with Gasteiger partial charge in [0.1, 0.15) is 0 Å². The number of amides is 1. The maximum absolute atomic E-state index is 11.6. The van der Waals surface area contributed by atoms with E-state index in [1.807, 2.05) is 20.8 Å². The molecule has 110 valence electrons. The largest absolute Gasteiger partial charge is 0.478 e. The number of carboxylic acids is 1. The standard InChI is InChI=1S/C14H21N3O3/c1-14(2,3)17-12(18)6-7-16-11-8-9(15)4-5-10(11)13(19)20/h4-5,8,16H,6-7,15H2,1-3H3,(H,17,18)(H,19,20). The third-order valence-corrected chi connectivity index (χ3v) is 2.46. The second kappa shape index (κ2) is 6.27. The Hall–Kier alpha value is -2.24. The van der Waals surface area contributed by atoms with Crippen molar-refractivity contribution in [2.45, 2.75) is 32.7 Å². The van der Waals surface area contributed by atoms with Gasteiger partial charge in [-0.1, -0.05) is 0 Å². The molecular formula is C14H21N3O3. The predicted octanol–water partition coefficient (Wildman–Crippen LogP) is 1.68. The molecule has 6 heteroatoms. The van der Waals surface area contributed by atoms with Gasteiger partial charge in [0.15, 0.2) is 0 Å². The van der Waals surface area contributed by atoms with Gasteiger partial charge in [-0.05, 0) is 39.0 Å². The average Bonchev–Trinajstić information content (AvgIpc) is 2.26. The van der Waals surface area contributed by atoms with E-state index in [1.54, 1.807) is 6.07 Å². The van der Waals surface area contributed by atoms with Crippen molar-refractivity contribution in [2.75, 3.05) is 17.6 Å². The summed E-state index contributed by atoms with van der Waals surface area (Å²) in [6.45, 7) is 6.04. The smallest absolute Gasteiger partial charge is 0.337 e. The van der Waals surface area contributed by atoms with Crippen LogP contribution < -0.4 is 16.4 Å². The minimum absolute atomic E-state index is 0.0919. The molecule has 0 atom stereocenters. The van der Waals surface area contributed by atoms with Crippen molar-refractivity contribution < 1.29 is 14.7 Å². The van der Waals surface area contributed by atoms with Gasteiger partial charge in [-0.25, -0.2) is 4.79 Å². The first kappa shape index (κ1) is 15.8.